The highest BCUT2D eigenvalue weighted by molar-refractivity contribution is 7.85. The first-order chi connectivity index (χ1) is 12.1. The maximum atomic E-state index is 13.2. The van der Waals surface area contributed by atoms with Crippen molar-refractivity contribution in [3.05, 3.63) is 11.1 Å². The summed E-state index contributed by atoms with van der Waals surface area (Å²) in [4.78, 5) is 24.0. The van der Waals surface area contributed by atoms with Gasteiger partial charge in [-0.3, -0.25) is 9.35 Å². The normalized spacial score (nSPS) is 28.0. The number of carbonyl (C=O) groups is 2. The van der Waals surface area contributed by atoms with Crippen molar-refractivity contribution in [3.63, 3.8) is 0 Å². The highest BCUT2D eigenvalue weighted by Gasteiger charge is 2.76. The van der Waals surface area contributed by atoms with E-state index in [0.29, 0.717) is 5.57 Å². The van der Waals surface area contributed by atoms with Gasteiger partial charge in [0, 0.05) is 0 Å². The van der Waals surface area contributed by atoms with Crippen LogP contribution in [0.25, 0.3) is 0 Å². The molecule has 152 valence electrons. The fourth-order valence-electron chi connectivity index (χ4n) is 3.73. The zero-order valence-electron chi connectivity index (χ0n) is 12.9. The minimum atomic E-state index is -6.41. The monoisotopic (exact) mass is 424 g/mol. The molecule has 14 heteroatoms. The molecule has 3 atom stereocenters. The fourth-order valence-corrected chi connectivity index (χ4v) is 4.63. The van der Waals surface area contributed by atoms with Crippen molar-refractivity contribution in [2.24, 2.45) is 11.8 Å². The lowest BCUT2D eigenvalue weighted by atomic mass is 9.86. The molecule has 3 rings (SSSR count). The van der Waals surface area contributed by atoms with Crippen LogP contribution in [0.15, 0.2) is 11.1 Å². The molecule has 0 saturated heterocycles. The van der Waals surface area contributed by atoms with Crippen molar-refractivity contribution in [1.82, 2.24) is 0 Å². The Morgan fingerprint density at radius 2 is 1.74 bits per heavy atom. The van der Waals surface area contributed by atoms with Crippen molar-refractivity contribution in [2.75, 3.05) is 5.75 Å². The van der Waals surface area contributed by atoms with E-state index in [1.165, 1.54) is 0 Å². The number of hydrogen-bond donors (Lipinski definition) is 1. The van der Waals surface area contributed by atoms with E-state index >= 15 is 0 Å². The summed E-state index contributed by atoms with van der Waals surface area (Å²) < 4.78 is 118. The van der Waals surface area contributed by atoms with E-state index in [0.717, 1.165) is 0 Å². The summed E-state index contributed by atoms with van der Waals surface area (Å²) in [5, 5.41) is 0. The van der Waals surface area contributed by atoms with Gasteiger partial charge in [-0.15, -0.1) is 0 Å². The second-order valence-corrected chi connectivity index (χ2v) is 7.93. The van der Waals surface area contributed by atoms with E-state index < -0.39 is 63.7 Å². The van der Waals surface area contributed by atoms with Crippen LogP contribution in [-0.4, -0.2) is 54.7 Å². The van der Waals surface area contributed by atoms with Gasteiger partial charge in [0.05, 0.1) is 11.5 Å². The third kappa shape index (κ3) is 2.98. The highest BCUT2D eigenvalue weighted by Crippen LogP contribution is 2.55. The second-order valence-electron chi connectivity index (χ2n) is 6.48. The number of hydrogen-bond acceptors (Lipinski definition) is 6. The van der Waals surface area contributed by atoms with Gasteiger partial charge in [-0.05, 0) is 24.3 Å². The summed E-state index contributed by atoms with van der Waals surface area (Å²) in [6.07, 6.45) is -13.4. The van der Waals surface area contributed by atoms with Gasteiger partial charge in [0.2, 0.25) is 0 Å². The van der Waals surface area contributed by atoms with Crippen LogP contribution in [0.3, 0.4) is 0 Å². The molecule has 1 heterocycles. The Morgan fingerprint density at radius 3 is 2.22 bits per heavy atom. The molecule has 1 fully saturated rings. The zero-order valence-corrected chi connectivity index (χ0v) is 13.7. The Morgan fingerprint density at radius 1 is 1.19 bits per heavy atom. The van der Waals surface area contributed by atoms with Crippen molar-refractivity contribution in [2.45, 2.75) is 36.9 Å². The molecule has 0 aromatic heterocycles. The lowest BCUT2D eigenvalue weighted by molar-refractivity contribution is -0.362. The molecule has 27 heavy (non-hydrogen) atoms. The highest BCUT2D eigenvalue weighted by atomic mass is 32.2. The van der Waals surface area contributed by atoms with Crippen LogP contribution in [-0.2, 0) is 29.2 Å². The molecule has 0 radical (unpaired) electrons. The van der Waals surface area contributed by atoms with Crippen LogP contribution in [0.4, 0.5) is 26.3 Å². The number of halogens is 6. The van der Waals surface area contributed by atoms with Crippen molar-refractivity contribution >= 4 is 22.1 Å². The number of fused-ring (bicyclic) bond motifs is 1. The number of carbonyl (C=O) groups excluding carboxylic acids is 2. The van der Waals surface area contributed by atoms with Gasteiger partial charge in [-0.25, -0.2) is 4.79 Å². The van der Waals surface area contributed by atoms with Gasteiger partial charge < -0.3 is 9.47 Å². The first kappa shape index (κ1) is 19.9. The number of alkyl halides is 6. The van der Waals surface area contributed by atoms with Crippen molar-refractivity contribution < 1.29 is 58.4 Å². The summed E-state index contributed by atoms with van der Waals surface area (Å²) in [6.45, 7) is 0. The average molecular weight is 424 g/mol. The van der Waals surface area contributed by atoms with Crippen molar-refractivity contribution in [3.8, 4) is 0 Å². The molecule has 3 unspecified atom stereocenters. The molecule has 1 aliphatic heterocycles. The molecule has 3 aliphatic rings. The summed E-state index contributed by atoms with van der Waals surface area (Å²) in [5.41, 5.74) is -5.50. The molecule has 2 bridgehead atoms. The molecule has 7 nitrogen and oxygen atoms in total. The fraction of sp³-hybridized carbons (Fsp3) is 0.692. The van der Waals surface area contributed by atoms with E-state index in [4.69, 9.17) is 9.29 Å². The molecule has 2 aliphatic carbocycles. The van der Waals surface area contributed by atoms with E-state index in [1.807, 2.05) is 0 Å². The Hall–Kier alpha value is -1.83. The molecule has 0 aromatic rings. The van der Waals surface area contributed by atoms with Gasteiger partial charge >= 0.3 is 29.9 Å². The van der Waals surface area contributed by atoms with E-state index in [2.05, 4.69) is 4.74 Å². The van der Waals surface area contributed by atoms with Gasteiger partial charge in [-0.1, -0.05) is 0 Å². The summed E-state index contributed by atoms with van der Waals surface area (Å²) in [5.74, 6) is -8.56. The standard InChI is InChI=1S/C13H10F6O7S/c14-12(15,16)11(13(17,18)19,3-27(22,23)24)26-10(21)7-4-1-5-6(2-4)25-9(20)8(5)7/h4,6-7H,1-3H2,(H,22,23,24). The van der Waals surface area contributed by atoms with Crippen LogP contribution < -0.4 is 0 Å². The summed E-state index contributed by atoms with van der Waals surface area (Å²) >= 11 is 0. The number of rotatable bonds is 4. The topological polar surface area (TPSA) is 107 Å². The van der Waals surface area contributed by atoms with Crippen LogP contribution in [0.5, 0.6) is 0 Å². The van der Waals surface area contributed by atoms with E-state index in [1.54, 1.807) is 0 Å². The van der Waals surface area contributed by atoms with Crippen LogP contribution >= 0.6 is 0 Å². The molecular formula is C13H10F6O7S. The van der Waals surface area contributed by atoms with Gasteiger partial charge in [-0.2, -0.15) is 34.8 Å². The molecule has 1 saturated carbocycles. The third-order valence-electron chi connectivity index (χ3n) is 4.82. The second kappa shape index (κ2) is 5.59. The first-order valence-electron chi connectivity index (χ1n) is 7.33. The van der Waals surface area contributed by atoms with Crippen LogP contribution in [0.2, 0.25) is 0 Å². The lowest BCUT2D eigenvalue weighted by Gasteiger charge is -2.36. The number of ether oxygens (including phenoxy) is 2. The predicted octanol–water partition coefficient (Wildman–Crippen LogP) is 1.54. The number of esters is 2. The summed E-state index contributed by atoms with van der Waals surface area (Å²) in [7, 11) is -5.87. The molecule has 0 spiro atoms. The smallest absolute Gasteiger partial charge is 0.438 e. The van der Waals surface area contributed by atoms with Gasteiger partial charge in [0.25, 0.3) is 10.1 Å². The SMILES string of the molecule is O=C1OC2CC3CC2=C1C3C(=O)OC(CS(=O)(=O)O)(C(F)(F)F)C(F)(F)F. The third-order valence-corrected chi connectivity index (χ3v) is 5.59. The Kier molecular flexibility index (Phi) is 4.13. The zero-order chi connectivity index (χ0) is 20.6. The molecule has 1 N–H and O–H groups in total. The van der Waals surface area contributed by atoms with Gasteiger partial charge in [0.15, 0.2) is 0 Å². The molecule has 0 aromatic carbocycles. The maximum Gasteiger partial charge on any atom is 0.438 e. The van der Waals surface area contributed by atoms with Crippen molar-refractivity contribution in [1.29, 1.82) is 0 Å². The molecule has 0 amide bonds. The lowest BCUT2D eigenvalue weighted by Crippen LogP contribution is -2.64. The first-order valence-corrected chi connectivity index (χ1v) is 8.94. The van der Waals surface area contributed by atoms with E-state index in [9.17, 15) is 44.3 Å². The summed E-state index contributed by atoms with van der Waals surface area (Å²) in [6, 6.07) is 0. The quantitative estimate of drug-likeness (QED) is 0.415. The largest absolute Gasteiger partial charge is 0.454 e. The molecular weight excluding hydrogens is 414 g/mol. The predicted molar refractivity (Wildman–Crippen MR) is 70.5 cm³/mol. The van der Waals surface area contributed by atoms with Crippen LogP contribution in [0.1, 0.15) is 12.8 Å². The average Bonchev–Trinajstić information content (AvgIpc) is 3.03. The maximum absolute atomic E-state index is 13.2. The van der Waals surface area contributed by atoms with Crippen LogP contribution in [0, 0.1) is 11.8 Å². The Balaban J connectivity index is 2.00. The van der Waals surface area contributed by atoms with Gasteiger partial charge in [0.1, 0.15) is 11.9 Å². The van der Waals surface area contributed by atoms with E-state index in [-0.39, 0.29) is 18.4 Å². The minimum Gasteiger partial charge on any atom is -0.454 e. The minimum absolute atomic E-state index is 0.0354. The Bertz CT molecular complexity index is 826. The Labute approximate surface area is 147 Å².